The molecule has 1 rings (SSSR count). The second-order valence-corrected chi connectivity index (χ2v) is 3.36. The number of hydrogen-bond donors (Lipinski definition) is 2. The van der Waals surface area contributed by atoms with Crippen LogP contribution in [0.2, 0.25) is 0 Å². The van der Waals surface area contributed by atoms with E-state index in [0.717, 1.165) is 12.1 Å². The van der Waals surface area contributed by atoms with Gasteiger partial charge < -0.3 is 11.5 Å². The Kier molecular flexibility index (Phi) is 2.00. The summed E-state index contributed by atoms with van der Waals surface area (Å²) in [4.78, 5) is 0. The molecule has 0 aromatic carbocycles. The van der Waals surface area contributed by atoms with E-state index < -0.39 is 0 Å². The minimum Gasteiger partial charge on any atom is -0.402 e. The second kappa shape index (κ2) is 2.62. The molecule has 3 unspecified atom stereocenters. The summed E-state index contributed by atoms with van der Waals surface area (Å²) >= 11 is 0. The lowest BCUT2D eigenvalue weighted by molar-refractivity contribution is 0.333. The Balaban J connectivity index is 2.69. The van der Waals surface area contributed by atoms with Crippen LogP contribution in [0.15, 0.2) is 11.8 Å². The maximum absolute atomic E-state index is 5.80. The van der Waals surface area contributed by atoms with Crippen LogP contribution in [0.1, 0.15) is 20.3 Å². The molecule has 0 amide bonds. The molecule has 0 bridgehead atoms. The van der Waals surface area contributed by atoms with Crippen LogP contribution < -0.4 is 11.5 Å². The quantitative estimate of drug-likeness (QED) is 0.523. The van der Waals surface area contributed by atoms with Crippen LogP contribution in [-0.4, -0.2) is 6.04 Å². The molecule has 1 aliphatic carbocycles. The summed E-state index contributed by atoms with van der Waals surface area (Å²) in [6.45, 7) is 4.38. The summed E-state index contributed by atoms with van der Waals surface area (Å²) in [5.74, 6) is 1.22. The van der Waals surface area contributed by atoms with Gasteiger partial charge in [-0.25, -0.2) is 0 Å². The van der Waals surface area contributed by atoms with Crippen molar-refractivity contribution in [3.63, 3.8) is 0 Å². The molecule has 0 aromatic heterocycles. The predicted octanol–water partition coefficient (Wildman–Crippen LogP) is 0.832. The molecule has 0 saturated heterocycles. The molecule has 0 fully saturated rings. The molecular formula is C8H16N2. The zero-order chi connectivity index (χ0) is 7.72. The van der Waals surface area contributed by atoms with Gasteiger partial charge in [0.05, 0.1) is 0 Å². The van der Waals surface area contributed by atoms with Crippen molar-refractivity contribution >= 4 is 0 Å². The molecule has 1 aliphatic rings. The largest absolute Gasteiger partial charge is 0.402 e. The molecule has 0 aliphatic heterocycles. The van der Waals surface area contributed by atoms with E-state index in [1.165, 1.54) is 0 Å². The van der Waals surface area contributed by atoms with Crippen molar-refractivity contribution in [1.29, 1.82) is 0 Å². The monoisotopic (exact) mass is 140 g/mol. The van der Waals surface area contributed by atoms with E-state index in [9.17, 15) is 0 Å². The summed E-state index contributed by atoms with van der Waals surface area (Å²) in [5, 5.41) is 0. The van der Waals surface area contributed by atoms with Crippen LogP contribution >= 0.6 is 0 Å². The first-order valence-electron chi connectivity index (χ1n) is 3.83. The molecular weight excluding hydrogens is 124 g/mol. The molecule has 2 heteroatoms. The lowest BCUT2D eigenvalue weighted by Gasteiger charge is -2.29. The third-order valence-electron chi connectivity index (χ3n) is 2.47. The smallest absolute Gasteiger partial charge is 0.0272 e. The zero-order valence-electron chi connectivity index (χ0n) is 6.67. The van der Waals surface area contributed by atoms with Gasteiger partial charge in [-0.1, -0.05) is 13.8 Å². The van der Waals surface area contributed by atoms with Gasteiger partial charge in [-0.05, 0) is 24.3 Å². The van der Waals surface area contributed by atoms with Gasteiger partial charge in [0.15, 0.2) is 0 Å². The standard InChI is InChI=1S/C8H16N2/c1-5-3-7(9)4-8(10)6(5)2/h4-6,8H,3,9-10H2,1-2H3. The highest BCUT2D eigenvalue weighted by Crippen LogP contribution is 2.25. The van der Waals surface area contributed by atoms with Gasteiger partial charge >= 0.3 is 0 Å². The third kappa shape index (κ3) is 1.32. The SMILES string of the molecule is CC1CC(N)=CC(N)C1C. The van der Waals surface area contributed by atoms with E-state index in [4.69, 9.17) is 11.5 Å². The van der Waals surface area contributed by atoms with Gasteiger partial charge in [0.25, 0.3) is 0 Å². The van der Waals surface area contributed by atoms with E-state index in [1.807, 2.05) is 6.08 Å². The third-order valence-corrected chi connectivity index (χ3v) is 2.47. The summed E-state index contributed by atoms with van der Waals surface area (Å²) in [6.07, 6.45) is 2.99. The van der Waals surface area contributed by atoms with Crippen molar-refractivity contribution in [3.8, 4) is 0 Å². The van der Waals surface area contributed by atoms with E-state index in [2.05, 4.69) is 13.8 Å². The molecule has 0 heterocycles. The molecule has 0 saturated carbocycles. The maximum Gasteiger partial charge on any atom is 0.0272 e. The van der Waals surface area contributed by atoms with Crippen LogP contribution in [0.4, 0.5) is 0 Å². The summed E-state index contributed by atoms with van der Waals surface area (Å²) in [5.41, 5.74) is 12.4. The Hall–Kier alpha value is -0.500. The fraction of sp³-hybridized carbons (Fsp3) is 0.750. The summed E-state index contributed by atoms with van der Waals surface area (Å²) in [7, 11) is 0. The number of rotatable bonds is 0. The van der Waals surface area contributed by atoms with Crippen LogP contribution in [0, 0.1) is 11.8 Å². The van der Waals surface area contributed by atoms with E-state index >= 15 is 0 Å². The highest BCUT2D eigenvalue weighted by atomic mass is 14.7. The molecule has 2 nitrogen and oxygen atoms in total. The Morgan fingerprint density at radius 2 is 2.10 bits per heavy atom. The molecule has 10 heavy (non-hydrogen) atoms. The Morgan fingerprint density at radius 1 is 1.50 bits per heavy atom. The average Bonchev–Trinajstić information content (AvgIpc) is 1.82. The van der Waals surface area contributed by atoms with Crippen LogP contribution in [-0.2, 0) is 0 Å². The average molecular weight is 140 g/mol. The number of nitrogens with two attached hydrogens (primary N) is 2. The van der Waals surface area contributed by atoms with E-state index in [0.29, 0.717) is 11.8 Å². The minimum atomic E-state index is 0.170. The molecule has 4 N–H and O–H groups in total. The van der Waals surface area contributed by atoms with E-state index in [-0.39, 0.29) is 6.04 Å². The molecule has 3 atom stereocenters. The van der Waals surface area contributed by atoms with Gasteiger partial charge in [-0.3, -0.25) is 0 Å². The Bertz CT molecular complexity index is 151. The number of allylic oxidation sites excluding steroid dienone is 1. The fourth-order valence-electron chi connectivity index (χ4n) is 1.40. The van der Waals surface area contributed by atoms with E-state index in [1.54, 1.807) is 0 Å². The van der Waals surface area contributed by atoms with Crippen molar-refractivity contribution in [2.24, 2.45) is 23.3 Å². The van der Waals surface area contributed by atoms with Gasteiger partial charge in [0, 0.05) is 11.7 Å². The first-order chi connectivity index (χ1) is 4.61. The highest BCUT2D eigenvalue weighted by molar-refractivity contribution is 5.09. The fourth-order valence-corrected chi connectivity index (χ4v) is 1.40. The summed E-state index contributed by atoms with van der Waals surface area (Å²) in [6, 6.07) is 0.170. The van der Waals surface area contributed by atoms with Crippen molar-refractivity contribution in [2.45, 2.75) is 26.3 Å². The van der Waals surface area contributed by atoms with Gasteiger partial charge in [0.1, 0.15) is 0 Å². The minimum absolute atomic E-state index is 0.170. The first kappa shape index (κ1) is 7.61. The normalized spacial score (nSPS) is 41.1. The van der Waals surface area contributed by atoms with Crippen LogP contribution in [0.5, 0.6) is 0 Å². The lowest BCUT2D eigenvalue weighted by atomic mass is 9.81. The van der Waals surface area contributed by atoms with Gasteiger partial charge in [0.2, 0.25) is 0 Å². The van der Waals surface area contributed by atoms with Crippen LogP contribution in [0.3, 0.4) is 0 Å². The first-order valence-corrected chi connectivity index (χ1v) is 3.83. The Labute approximate surface area is 62.3 Å². The topological polar surface area (TPSA) is 52.0 Å². The van der Waals surface area contributed by atoms with Gasteiger partial charge in [-0.15, -0.1) is 0 Å². The van der Waals surface area contributed by atoms with Crippen molar-refractivity contribution < 1.29 is 0 Å². The lowest BCUT2D eigenvalue weighted by Crippen LogP contribution is -2.35. The highest BCUT2D eigenvalue weighted by Gasteiger charge is 2.22. The molecule has 0 radical (unpaired) electrons. The Morgan fingerprint density at radius 3 is 2.60 bits per heavy atom. The van der Waals surface area contributed by atoms with Crippen molar-refractivity contribution in [1.82, 2.24) is 0 Å². The van der Waals surface area contributed by atoms with Crippen molar-refractivity contribution in [3.05, 3.63) is 11.8 Å². The van der Waals surface area contributed by atoms with Crippen LogP contribution in [0.25, 0.3) is 0 Å². The molecule has 0 spiro atoms. The molecule has 58 valence electrons. The number of hydrogen-bond acceptors (Lipinski definition) is 2. The maximum atomic E-state index is 5.80. The van der Waals surface area contributed by atoms with Gasteiger partial charge in [-0.2, -0.15) is 0 Å². The predicted molar refractivity (Wildman–Crippen MR) is 43.2 cm³/mol. The molecule has 0 aromatic rings. The second-order valence-electron chi connectivity index (χ2n) is 3.36. The van der Waals surface area contributed by atoms with Crippen molar-refractivity contribution in [2.75, 3.05) is 0 Å². The summed E-state index contributed by atoms with van der Waals surface area (Å²) < 4.78 is 0. The zero-order valence-corrected chi connectivity index (χ0v) is 6.67.